The predicted molar refractivity (Wildman–Crippen MR) is 121 cm³/mol. The van der Waals surface area contributed by atoms with Crippen molar-refractivity contribution in [1.29, 1.82) is 0 Å². The SMILES string of the molecule is CC(=O)c1ccc(NC(=O)O[C@H](CCC/C=C/C(=O)NO)c2cccc(OCCO)c2)cc1. The summed E-state index contributed by atoms with van der Waals surface area (Å²) in [5.74, 6) is -0.153. The van der Waals surface area contributed by atoms with E-state index in [0.717, 1.165) is 0 Å². The molecule has 0 bridgehead atoms. The van der Waals surface area contributed by atoms with Crippen molar-refractivity contribution in [2.24, 2.45) is 0 Å². The molecule has 0 aliphatic heterocycles. The number of aliphatic hydroxyl groups excluding tert-OH is 1. The van der Waals surface area contributed by atoms with Gasteiger partial charge in [0.15, 0.2) is 5.78 Å². The van der Waals surface area contributed by atoms with Gasteiger partial charge in [0.1, 0.15) is 18.5 Å². The number of carbonyl (C=O) groups excluding carboxylic acids is 3. The molecule has 2 rings (SSSR count). The molecule has 2 aromatic carbocycles. The van der Waals surface area contributed by atoms with Crippen LogP contribution in [0.5, 0.6) is 5.75 Å². The van der Waals surface area contributed by atoms with E-state index in [-0.39, 0.29) is 19.0 Å². The highest BCUT2D eigenvalue weighted by atomic mass is 16.6. The van der Waals surface area contributed by atoms with E-state index >= 15 is 0 Å². The van der Waals surface area contributed by atoms with Gasteiger partial charge in [-0.2, -0.15) is 0 Å². The molecule has 0 aliphatic carbocycles. The van der Waals surface area contributed by atoms with Crippen molar-refractivity contribution in [3.63, 3.8) is 0 Å². The molecule has 176 valence electrons. The average Bonchev–Trinajstić information content (AvgIpc) is 2.82. The highest BCUT2D eigenvalue weighted by molar-refractivity contribution is 5.95. The van der Waals surface area contributed by atoms with Crippen molar-refractivity contribution in [2.75, 3.05) is 18.5 Å². The maximum absolute atomic E-state index is 12.5. The molecule has 2 aromatic rings. The number of ether oxygens (including phenoxy) is 2. The molecule has 4 N–H and O–H groups in total. The fourth-order valence-corrected chi connectivity index (χ4v) is 2.98. The number of benzene rings is 2. The summed E-state index contributed by atoms with van der Waals surface area (Å²) >= 11 is 0. The van der Waals surface area contributed by atoms with Crippen molar-refractivity contribution in [2.45, 2.75) is 32.3 Å². The lowest BCUT2D eigenvalue weighted by molar-refractivity contribution is -0.124. The minimum Gasteiger partial charge on any atom is -0.491 e. The van der Waals surface area contributed by atoms with Crippen LogP contribution in [-0.4, -0.2) is 41.3 Å². The third kappa shape index (κ3) is 9.14. The number of hydrogen-bond acceptors (Lipinski definition) is 7. The van der Waals surface area contributed by atoms with Crippen LogP contribution in [0.3, 0.4) is 0 Å². The number of unbranched alkanes of at least 4 members (excludes halogenated alkanes) is 1. The number of amides is 2. The number of hydroxylamine groups is 1. The number of hydrogen-bond donors (Lipinski definition) is 4. The van der Waals surface area contributed by atoms with Gasteiger partial charge < -0.3 is 14.6 Å². The van der Waals surface area contributed by atoms with Crippen molar-refractivity contribution in [3.05, 3.63) is 71.8 Å². The van der Waals surface area contributed by atoms with Gasteiger partial charge in [0.2, 0.25) is 0 Å². The Labute approximate surface area is 192 Å². The molecule has 2 amide bonds. The molecule has 33 heavy (non-hydrogen) atoms. The number of Topliss-reactive ketones (excluding diaryl/α,β-unsaturated/α-hetero) is 1. The number of aliphatic hydroxyl groups is 1. The third-order valence-corrected chi connectivity index (χ3v) is 4.59. The Morgan fingerprint density at radius 1 is 1.12 bits per heavy atom. The zero-order valence-electron chi connectivity index (χ0n) is 18.3. The number of allylic oxidation sites excluding steroid dienone is 1. The molecular formula is C24H28N2O7. The Balaban J connectivity index is 2.07. The summed E-state index contributed by atoms with van der Waals surface area (Å²) in [7, 11) is 0. The maximum Gasteiger partial charge on any atom is 0.412 e. The molecule has 1 atom stereocenters. The normalized spacial score (nSPS) is 11.6. The van der Waals surface area contributed by atoms with E-state index in [0.29, 0.717) is 41.8 Å². The first-order valence-corrected chi connectivity index (χ1v) is 10.5. The Bertz CT molecular complexity index is 958. The van der Waals surface area contributed by atoms with E-state index in [9.17, 15) is 14.4 Å². The number of rotatable bonds is 12. The molecule has 9 nitrogen and oxygen atoms in total. The summed E-state index contributed by atoms with van der Waals surface area (Å²) < 4.78 is 11.1. The zero-order valence-corrected chi connectivity index (χ0v) is 18.3. The topological polar surface area (TPSA) is 134 Å². The van der Waals surface area contributed by atoms with Gasteiger partial charge in [0.25, 0.3) is 5.91 Å². The lowest BCUT2D eigenvalue weighted by atomic mass is 10.0. The van der Waals surface area contributed by atoms with Gasteiger partial charge in [-0.05, 0) is 68.1 Å². The molecule has 0 radical (unpaired) electrons. The minimum absolute atomic E-state index is 0.0713. The highest BCUT2D eigenvalue weighted by Gasteiger charge is 2.18. The largest absolute Gasteiger partial charge is 0.491 e. The number of ketones is 1. The smallest absolute Gasteiger partial charge is 0.412 e. The summed E-state index contributed by atoms with van der Waals surface area (Å²) in [4.78, 5) is 35.0. The van der Waals surface area contributed by atoms with Crippen LogP contribution in [0.4, 0.5) is 10.5 Å². The van der Waals surface area contributed by atoms with Crippen LogP contribution in [-0.2, 0) is 9.53 Å². The van der Waals surface area contributed by atoms with E-state index in [2.05, 4.69) is 5.32 Å². The van der Waals surface area contributed by atoms with E-state index in [1.165, 1.54) is 18.5 Å². The second-order valence-corrected chi connectivity index (χ2v) is 7.11. The molecule has 0 saturated heterocycles. The molecule has 0 unspecified atom stereocenters. The Morgan fingerprint density at radius 2 is 1.88 bits per heavy atom. The maximum atomic E-state index is 12.5. The van der Waals surface area contributed by atoms with Crippen LogP contribution in [0, 0.1) is 0 Å². The first kappa shape index (κ1) is 25.6. The van der Waals surface area contributed by atoms with E-state index in [1.807, 2.05) is 0 Å². The van der Waals surface area contributed by atoms with E-state index in [1.54, 1.807) is 54.6 Å². The fraction of sp³-hybridized carbons (Fsp3) is 0.292. The Hall–Kier alpha value is -3.69. The molecule has 0 aliphatic rings. The quantitative estimate of drug-likeness (QED) is 0.126. The van der Waals surface area contributed by atoms with Crippen molar-refractivity contribution >= 4 is 23.5 Å². The molecule has 0 heterocycles. The van der Waals surface area contributed by atoms with Crippen molar-refractivity contribution in [1.82, 2.24) is 5.48 Å². The van der Waals surface area contributed by atoms with E-state index in [4.69, 9.17) is 19.8 Å². The monoisotopic (exact) mass is 456 g/mol. The standard InChI is InChI=1S/C24H28N2O7/c1-17(28)18-10-12-20(13-11-18)25-24(30)33-22(8-3-2-4-9-23(29)26-31)19-6-5-7-21(16-19)32-15-14-27/h4-7,9-13,16,22,27,31H,2-3,8,14-15H2,1H3,(H,25,30)(H,26,29)/b9-4+/t22-/m1/s1. The summed E-state index contributed by atoms with van der Waals surface area (Å²) in [6.45, 7) is 1.48. The molecule has 0 saturated carbocycles. The summed E-state index contributed by atoms with van der Waals surface area (Å²) in [6.07, 6.45) is 3.17. The molecule has 9 heteroatoms. The molecular weight excluding hydrogens is 428 g/mol. The summed E-state index contributed by atoms with van der Waals surface area (Å²) in [5.41, 5.74) is 3.26. The predicted octanol–water partition coefficient (Wildman–Crippen LogP) is 3.78. The third-order valence-electron chi connectivity index (χ3n) is 4.59. The van der Waals surface area contributed by atoms with Gasteiger partial charge in [0, 0.05) is 17.3 Å². The summed E-state index contributed by atoms with van der Waals surface area (Å²) in [5, 5.41) is 20.1. The van der Waals surface area contributed by atoms with Crippen LogP contribution < -0.4 is 15.5 Å². The average molecular weight is 456 g/mol. The van der Waals surface area contributed by atoms with Crippen LogP contribution in [0.15, 0.2) is 60.7 Å². The van der Waals surface area contributed by atoms with Crippen molar-refractivity contribution in [3.8, 4) is 5.75 Å². The van der Waals surface area contributed by atoms with Gasteiger partial charge in [-0.15, -0.1) is 0 Å². The lowest BCUT2D eigenvalue weighted by Gasteiger charge is -2.19. The Morgan fingerprint density at radius 3 is 2.55 bits per heavy atom. The van der Waals surface area contributed by atoms with E-state index < -0.39 is 18.1 Å². The van der Waals surface area contributed by atoms with Gasteiger partial charge in [-0.25, -0.2) is 10.3 Å². The second-order valence-electron chi connectivity index (χ2n) is 7.11. The van der Waals surface area contributed by atoms with Crippen LogP contribution in [0.25, 0.3) is 0 Å². The van der Waals surface area contributed by atoms with Crippen LogP contribution in [0.1, 0.15) is 48.2 Å². The summed E-state index contributed by atoms with van der Waals surface area (Å²) in [6, 6.07) is 13.5. The zero-order chi connectivity index (χ0) is 24.1. The minimum atomic E-state index is -0.660. The first-order valence-electron chi connectivity index (χ1n) is 10.5. The molecule has 0 spiro atoms. The number of carbonyl (C=O) groups is 3. The van der Waals surface area contributed by atoms with Crippen molar-refractivity contribution < 1.29 is 34.2 Å². The van der Waals surface area contributed by atoms with Gasteiger partial charge in [-0.3, -0.25) is 20.1 Å². The highest BCUT2D eigenvalue weighted by Crippen LogP contribution is 2.27. The first-order chi connectivity index (χ1) is 15.9. The molecule has 0 fully saturated rings. The fourth-order valence-electron chi connectivity index (χ4n) is 2.98. The molecule has 0 aromatic heterocycles. The Kier molecular flexibility index (Phi) is 10.6. The lowest BCUT2D eigenvalue weighted by Crippen LogP contribution is -2.18. The second kappa shape index (κ2) is 13.7. The van der Waals surface area contributed by atoms with Gasteiger partial charge >= 0.3 is 6.09 Å². The van der Waals surface area contributed by atoms with Crippen LogP contribution in [0.2, 0.25) is 0 Å². The number of anilines is 1. The van der Waals surface area contributed by atoms with Crippen LogP contribution >= 0.6 is 0 Å². The van der Waals surface area contributed by atoms with Gasteiger partial charge in [0.05, 0.1) is 6.61 Å². The van der Waals surface area contributed by atoms with Gasteiger partial charge in [-0.1, -0.05) is 18.2 Å². The number of nitrogens with one attached hydrogen (secondary N) is 2.